The molecular formula is C14H8BrFN2O. The number of nitrogens with zero attached hydrogens (tertiary/aromatic N) is 2. The smallest absolute Gasteiger partial charge is 0.230 e. The molecule has 0 radical (unpaired) electrons. The number of ether oxygens (including phenoxy) is 1. The Morgan fingerprint density at radius 3 is 2.74 bits per heavy atom. The van der Waals surface area contributed by atoms with Crippen LogP contribution >= 0.6 is 15.9 Å². The van der Waals surface area contributed by atoms with E-state index in [0.717, 1.165) is 10.9 Å². The maximum absolute atomic E-state index is 13.3. The molecule has 1 heterocycles. The number of fused-ring (bicyclic) bond motifs is 1. The maximum Gasteiger partial charge on any atom is 0.230 e. The number of hydrogen-bond acceptors (Lipinski definition) is 3. The Morgan fingerprint density at radius 1 is 1.05 bits per heavy atom. The van der Waals surface area contributed by atoms with Crippen LogP contribution in [0.4, 0.5) is 4.39 Å². The van der Waals surface area contributed by atoms with Crippen LogP contribution in [-0.2, 0) is 0 Å². The van der Waals surface area contributed by atoms with Gasteiger partial charge in [0.25, 0.3) is 0 Å². The molecule has 0 unspecified atom stereocenters. The first-order valence-corrected chi connectivity index (χ1v) is 6.35. The van der Waals surface area contributed by atoms with Crippen molar-refractivity contribution in [3.05, 3.63) is 59.1 Å². The SMILES string of the molecule is Fc1cc(Br)cc(Oc2ncnc3ccccc23)c1. The minimum Gasteiger partial charge on any atom is -0.438 e. The molecule has 19 heavy (non-hydrogen) atoms. The average Bonchev–Trinajstić information content (AvgIpc) is 2.38. The highest BCUT2D eigenvalue weighted by Gasteiger charge is 2.07. The molecule has 0 aliphatic heterocycles. The van der Waals surface area contributed by atoms with Crippen LogP contribution in [0.5, 0.6) is 11.6 Å². The lowest BCUT2D eigenvalue weighted by Crippen LogP contribution is -1.91. The lowest BCUT2D eigenvalue weighted by Gasteiger charge is -2.07. The summed E-state index contributed by atoms with van der Waals surface area (Å²) in [6, 6.07) is 11.8. The van der Waals surface area contributed by atoms with Crippen molar-refractivity contribution in [3.63, 3.8) is 0 Å². The molecule has 0 aliphatic carbocycles. The zero-order chi connectivity index (χ0) is 13.2. The van der Waals surface area contributed by atoms with Crippen molar-refractivity contribution in [3.8, 4) is 11.6 Å². The molecule has 0 atom stereocenters. The molecule has 0 bridgehead atoms. The molecule has 0 fully saturated rings. The van der Waals surface area contributed by atoms with Crippen LogP contribution in [0.2, 0.25) is 0 Å². The molecule has 0 saturated heterocycles. The predicted octanol–water partition coefficient (Wildman–Crippen LogP) is 4.32. The largest absolute Gasteiger partial charge is 0.438 e. The molecule has 0 aliphatic rings. The van der Waals surface area contributed by atoms with Crippen LogP contribution in [0.15, 0.2) is 53.3 Å². The highest BCUT2D eigenvalue weighted by molar-refractivity contribution is 9.10. The summed E-state index contributed by atoms with van der Waals surface area (Å²) in [5.41, 5.74) is 0.781. The third-order valence-corrected chi connectivity index (χ3v) is 3.01. The van der Waals surface area contributed by atoms with Crippen molar-refractivity contribution in [2.75, 3.05) is 0 Å². The summed E-state index contributed by atoms with van der Waals surface area (Å²) >= 11 is 3.22. The van der Waals surface area contributed by atoms with Gasteiger partial charge in [-0.25, -0.2) is 14.4 Å². The topological polar surface area (TPSA) is 35.0 Å². The fourth-order valence-electron chi connectivity index (χ4n) is 1.76. The van der Waals surface area contributed by atoms with Crippen LogP contribution in [0.25, 0.3) is 10.9 Å². The third-order valence-electron chi connectivity index (χ3n) is 2.56. The summed E-state index contributed by atoms with van der Waals surface area (Å²) < 4.78 is 19.5. The zero-order valence-corrected chi connectivity index (χ0v) is 11.3. The highest BCUT2D eigenvalue weighted by Crippen LogP contribution is 2.28. The van der Waals surface area contributed by atoms with Crippen molar-refractivity contribution in [1.82, 2.24) is 9.97 Å². The van der Waals surface area contributed by atoms with Gasteiger partial charge in [-0.2, -0.15) is 0 Å². The summed E-state index contributed by atoms with van der Waals surface area (Å²) in [5, 5.41) is 0.783. The standard InChI is InChI=1S/C14H8BrFN2O/c15-9-5-10(16)7-11(6-9)19-14-12-3-1-2-4-13(12)17-8-18-14/h1-8H. The number of benzene rings is 2. The van der Waals surface area contributed by atoms with Gasteiger partial charge in [-0.1, -0.05) is 28.1 Å². The Morgan fingerprint density at radius 2 is 1.89 bits per heavy atom. The Bertz CT molecular complexity index is 723. The van der Waals surface area contributed by atoms with E-state index >= 15 is 0 Å². The third kappa shape index (κ3) is 2.56. The summed E-state index contributed by atoms with van der Waals surface area (Å²) in [5.74, 6) is 0.418. The van der Waals surface area contributed by atoms with Crippen LogP contribution < -0.4 is 4.74 Å². The van der Waals surface area contributed by atoms with E-state index in [-0.39, 0.29) is 5.82 Å². The Kier molecular flexibility index (Phi) is 3.13. The van der Waals surface area contributed by atoms with E-state index in [1.54, 1.807) is 6.07 Å². The lowest BCUT2D eigenvalue weighted by atomic mass is 10.2. The quantitative estimate of drug-likeness (QED) is 0.705. The van der Waals surface area contributed by atoms with Gasteiger partial charge in [-0.05, 0) is 24.3 Å². The second-order valence-electron chi connectivity index (χ2n) is 3.90. The van der Waals surface area contributed by atoms with Gasteiger partial charge in [0.1, 0.15) is 17.9 Å². The summed E-state index contributed by atoms with van der Waals surface area (Å²) in [7, 11) is 0. The average molecular weight is 319 g/mol. The van der Waals surface area contributed by atoms with Gasteiger partial charge in [-0.3, -0.25) is 0 Å². The van der Waals surface area contributed by atoms with Crippen LogP contribution in [0.3, 0.4) is 0 Å². The molecule has 0 saturated carbocycles. The monoisotopic (exact) mass is 318 g/mol. The van der Waals surface area contributed by atoms with Gasteiger partial charge in [0.05, 0.1) is 10.9 Å². The molecule has 3 aromatic rings. The molecule has 94 valence electrons. The second-order valence-corrected chi connectivity index (χ2v) is 4.82. The molecule has 0 spiro atoms. The fourth-order valence-corrected chi connectivity index (χ4v) is 2.20. The van der Waals surface area contributed by atoms with Crippen molar-refractivity contribution < 1.29 is 9.13 Å². The van der Waals surface area contributed by atoms with Crippen LogP contribution in [0.1, 0.15) is 0 Å². The van der Waals surface area contributed by atoms with E-state index in [0.29, 0.717) is 16.1 Å². The van der Waals surface area contributed by atoms with E-state index in [4.69, 9.17) is 4.74 Å². The van der Waals surface area contributed by atoms with E-state index < -0.39 is 0 Å². The number of rotatable bonds is 2. The van der Waals surface area contributed by atoms with E-state index in [1.165, 1.54) is 18.5 Å². The predicted molar refractivity (Wildman–Crippen MR) is 73.7 cm³/mol. The normalized spacial score (nSPS) is 10.6. The van der Waals surface area contributed by atoms with Gasteiger partial charge in [0.15, 0.2) is 0 Å². The molecule has 5 heteroatoms. The number of aromatic nitrogens is 2. The van der Waals surface area contributed by atoms with Crippen molar-refractivity contribution in [1.29, 1.82) is 0 Å². The number of para-hydroxylation sites is 1. The van der Waals surface area contributed by atoms with Crippen molar-refractivity contribution in [2.45, 2.75) is 0 Å². The molecule has 0 amide bonds. The summed E-state index contributed by atoms with van der Waals surface area (Å²) in [4.78, 5) is 8.23. The fraction of sp³-hybridized carbons (Fsp3) is 0. The van der Waals surface area contributed by atoms with Crippen molar-refractivity contribution in [2.24, 2.45) is 0 Å². The molecular weight excluding hydrogens is 311 g/mol. The number of hydrogen-bond donors (Lipinski definition) is 0. The summed E-state index contributed by atoms with van der Waals surface area (Å²) in [6.07, 6.45) is 1.42. The molecule has 2 aromatic carbocycles. The lowest BCUT2D eigenvalue weighted by molar-refractivity contribution is 0.462. The molecule has 1 aromatic heterocycles. The van der Waals surface area contributed by atoms with Gasteiger partial charge < -0.3 is 4.74 Å². The van der Waals surface area contributed by atoms with Gasteiger partial charge in [0, 0.05) is 10.5 Å². The first-order chi connectivity index (χ1) is 9.22. The Hall–Kier alpha value is -2.01. The minimum absolute atomic E-state index is 0.372. The molecule has 3 nitrogen and oxygen atoms in total. The maximum atomic E-state index is 13.3. The van der Waals surface area contributed by atoms with Crippen LogP contribution in [-0.4, -0.2) is 9.97 Å². The van der Waals surface area contributed by atoms with Crippen molar-refractivity contribution >= 4 is 26.8 Å². The van der Waals surface area contributed by atoms with E-state index in [2.05, 4.69) is 25.9 Å². The van der Waals surface area contributed by atoms with Gasteiger partial charge in [0.2, 0.25) is 5.88 Å². The van der Waals surface area contributed by atoms with E-state index in [9.17, 15) is 4.39 Å². The second kappa shape index (κ2) is 4.93. The summed E-state index contributed by atoms with van der Waals surface area (Å²) in [6.45, 7) is 0. The first kappa shape index (κ1) is 12.0. The van der Waals surface area contributed by atoms with E-state index in [1.807, 2.05) is 24.3 Å². The number of halogens is 2. The Labute approximate surface area is 117 Å². The zero-order valence-electron chi connectivity index (χ0n) is 9.68. The first-order valence-electron chi connectivity index (χ1n) is 5.56. The minimum atomic E-state index is -0.372. The molecule has 3 rings (SSSR count). The highest BCUT2D eigenvalue weighted by atomic mass is 79.9. The van der Waals surface area contributed by atoms with Crippen LogP contribution in [0, 0.1) is 5.82 Å². The van der Waals surface area contributed by atoms with Gasteiger partial charge >= 0.3 is 0 Å². The Balaban J connectivity index is 2.05. The molecule has 0 N–H and O–H groups in total. The van der Waals surface area contributed by atoms with Gasteiger partial charge in [-0.15, -0.1) is 0 Å².